The van der Waals surface area contributed by atoms with Crippen molar-refractivity contribution in [3.8, 4) is 0 Å². The number of anilines is 2. The van der Waals surface area contributed by atoms with Crippen molar-refractivity contribution in [2.75, 3.05) is 128 Å². The minimum atomic E-state index is -1.90. The fourth-order valence-electron chi connectivity index (χ4n) is 6.76. The maximum absolute atomic E-state index is 14.2. The van der Waals surface area contributed by atoms with E-state index in [1.54, 1.807) is 136 Å². The molecule has 0 radical (unpaired) electrons. The average Bonchev–Trinajstić information content (AvgIpc) is 3.27. The summed E-state index contributed by atoms with van der Waals surface area (Å²) >= 11 is 10.8. The Morgan fingerprint density at radius 2 is 0.544 bits per heavy atom. The molecule has 68 heavy (non-hydrogen) atoms. The fourth-order valence-corrected chi connectivity index (χ4v) is 16.1. The number of amides is 6. The highest BCUT2D eigenvalue weighted by atomic mass is 127. The Balaban J connectivity index is 2.97. The lowest BCUT2D eigenvalue weighted by Gasteiger charge is -2.34. The van der Waals surface area contributed by atoms with Crippen LogP contribution >= 0.6 is 136 Å². The molecule has 0 aliphatic rings. The largest absolute Gasteiger partial charge is 0.395 e. The van der Waals surface area contributed by atoms with E-state index < -0.39 is 114 Å². The molecule has 0 spiro atoms. The van der Waals surface area contributed by atoms with Crippen LogP contribution in [0.4, 0.5) is 11.4 Å². The Kier molecular flexibility index (Phi) is 29.0. The number of hydrogen-bond acceptors (Lipinski definition) is 16. The van der Waals surface area contributed by atoms with Crippen molar-refractivity contribution in [1.82, 2.24) is 19.6 Å². The third-order valence-corrected chi connectivity index (χ3v) is 16.4. The number of nitrogens with zero attached hydrogens (tertiary/aromatic N) is 6. The number of aliphatic hydroxyl groups is 10. The molecule has 2 atom stereocenters. The van der Waals surface area contributed by atoms with Gasteiger partial charge in [0.25, 0.3) is 23.6 Å². The number of halogens is 6. The van der Waals surface area contributed by atoms with Crippen LogP contribution in [0.2, 0.25) is 0 Å². The molecule has 0 aliphatic carbocycles. The van der Waals surface area contributed by atoms with Gasteiger partial charge in [0.1, 0.15) is 0 Å². The van der Waals surface area contributed by atoms with Gasteiger partial charge in [-0.3, -0.25) is 28.8 Å². The van der Waals surface area contributed by atoms with E-state index in [9.17, 15) is 79.8 Å². The third-order valence-electron chi connectivity index (χ3n) is 10.0. The van der Waals surface area contributed by atoms with Crippen molar-refractivity contribution < 1.29 is 79.8 Å². The SMILES string of the molecule is CC(=O)N(CC(O)C(O)CN(C(C)=O)c1c(I)c(C(=O)N(CCO)CCO)c(I)c(C(=O)N(CCO)CCO)c1I)c1c(I)c(C(=O)N(CCO)CCO)c(I)c(C(=O)N(CCO)CCO)c1I. The lowest BCUT2D eigenvalue weighted by molar-refractivity contribution is -0.118. The smallest absolute Gasteiger partial charge is 0.256 e. The molecule has 10 N–H and O–H groups in total. The summed E-state index contributed by atoms with van der Waals surface area (Å²) in [6.45, 7) is -4.85. The maximum Gasteiger partial charge on any atom is 0.256 e. The molecule has 0 fully saturated rings. The zero-order chi connectivity index (χ0) is 51.7. The molecule has 2 aromatic carbocycles. The molecule has 2 rings (SSSR count). The number of rotatable bonds is 27. The molecule has 0 bridgehead atoms. The molecule has 28 heteroatoms. The van der Waals surface area contributed by atoms with E-state index in [1.165, 1.54) is 0 Å². The van der Waals surface area contributed by atoms with Crippen LogP contribution in [0.5, 0.6) is 0 Å². The van der Waals surface area contributed by atoms with Crippen molar-refractivity contribution in [3.63, 3.8) is 0 Å². The van der Waals surface area contributed by atoms with Crippen molar-refractivity contribution in [3.05, 3.63) is 43.7 Å². The van der Waals surface area contributed by atoms with E-state index in [1.807, 2.05) is 0 Å². The molecule has 0 saturated carbocycles. The van der Waals surface area contributed by atoms with Crippen LogP contribution in [0, 0.1) is 21.4 Å². The molecular formula is C40H54I6N6O16. The van der Waals surface area contributed by atoms with Gasteiger partial charge in [-0.2, -0.15) is 0 Å². The molecule has 0 heterocycles. The van der Waals surface area contributed by atoms with Crippen molar-refractivity contribution in [2.45, 2.75) is 26.1 Å². The van der Waals surface area contributed by atoms with Gasteiger partial charge in [0.15, 0.2) is 0 Å². The van der Waals surface area contributed by atoms with E-state index >= 15 is 0 Å². The van der Waals surface area contributed by atoms with Crippen LogP contribution in [0.25, 0.3) is 0 Å². The van der Waals surface area contributed by atoms with Crippen molar-refractivity contribution >= 4 is 182 Å². The van der Waals surface area contributed by atoms with Crippen LogP contribution in [-0.2, 0) is 9.59 Å². The van der Waals surface area contributed by atoms with Gasteiger partial charge in [0, 0.05) is 73.3 Å². The molecule has 382 valence electrons. The molecule has 22 nitrogen and oxygen atoms in total. The van der Waals surface area contributed by atoms with Gasteiger partial charge in [0.05, 0.1) is 126 Å². The quantitative estimate of drug-likeness (QED) is 0.0487. The van der Waals surface area contributed by atoms with Crippen LogP contribution in [0.3, 0.4) is 0 Å². The van der Waals surface area contributed by atoms with E-state index in [0.29, 0.717) is 0 Å². The second-order valence-corrected chi connectivity index (χ2v) is 20.9. The van der Waals surface area contributed by atoms with Crippen LogP contribution in [0.1, 0.15) is 55.3 Å². The zero-order valence-electron chi connectivity index (χ0n) is 36.8. The predicted molar refractivity (Wildman–Crippen MR) is 298 cm³/mol. The average molecular weight is 1640 g/mol. The first-order valence-electron chi connectivity index (χ1n) is 20.5. The van der Waals surface area contributed by atoms with Gasteiger partial charge >= 0.3 is 0 Å². The fraction of sp³-hybridized carbons (Fsp3) is 0.550. The van der Waals surface area contributed by atoms with Crippen LogP contribution in [-0.4, -0.2) is 237 Å². The molecule has 2 unspecified atom stereocenters. The number of hydrogen-bond donors (Lipinski definition) is 10. The van der Waals surface area contributed by atoms with E-state index in [-0.39, 0.29) is 107 Å². The third kappa shape index (κ3) is 15.6. The second kappa shape index (κ2) is 31.1. The summed E-state index contributed by atoms with van der Waals surface area (Å²) < 4.78 is 0.596. The first-order valence-corrected chi connectivity index (χ1v) is 27.0. The van der Waals surface area contributed by atoms with Crippen molar-refractivity contribution in [1.29, 1.82) is 0 Å². The monoisotopic (exact) mass is 1640 g/mol. The van der Waals surface area contributed by atoms with Gasteiger partial charge < -0.3 is 80.5 Å². The van der Waals surface area contributed by atoms with Crippen LogP contribution in [0.15, 0.2) is 0 Å². The lowest BCUT2D eigenvalue weighted by atomic mass is 10.0. The first kappa shape index (κ1) is 63.4. The lowest BCUT2D eigenvalue weighted by Crippen LogP contribution is -2.48. The number of benzene rings is 2. The van der Waals surface area contributed by atoms with E-state index in [0.717, 1.165) is 43.2 Å². The van der Waals surface area contributed by atoms with Crippen LogP contribution < -0.4 is 9.80 Å². The standard InChI is InChI=1S/C40H54I6N6O16/c1-21(61)51(35-31(43)25(37(65)47(3-11-53)4-12-54)29(41)26(32(35)44)38(66)48(5-13-55)6-14-56)19-23(63)24(64)20-52(22(2)62)36-33(45)27(39(67)49(7-15-57)8-16-58)30(42)28(34(36)46)40(68)50(9-17-59)10-18-60/h23-24,53-60,63-64H,3-20H2,1-2H3. The predicted octanol–water partition coefficient (Wildman–Crippen LogP) is -0.851. The molecule has 6 amide bonds. The molecule has 2 aromatic rings. The minimum absolute atomic E-state index is 0.0555. The Morgan fingerprint density at radius 1 is 0.368 bits per heavy atom. The zero-order valence-corrected chi connectivity index (χ0v) is 49.7. The summed E-state index contributed by atoms with van der Waals surface area (Å²) in [4.78, 5) is 91.0. The summed E-state index contributed by atoms with van der Waals surface area (Å²) in [5.74, 6) is -4.44. The number of aliphatic hydroxyl groups excluding tert-OH is 10. The maximum atomic E-state index is 14.2. The highest BCUT2D eigenvalue weighted by Crippen LogP contribution is 2.41. The number of carbonyl (C=O) groups excluding carboxylic acids is 6. The number of carbonyl (C=O) groups is 6. The molecule has 0 aromatic heterocycles. The minimum Gasteiger partial charge on any atom is -0.395 e. The van der Waals surface area contributed by atoms with Gasteiger partial charge in [-0.1, -0.05) is 0 Å². The summed E-state index contributed by atoms with van der Waals surface area (Å²) in [5.41, 5.74) is -0.572. The second-order valence-electron chi connectivity index (χ2n) is 14.4. The highest BCUT2D eigenvalue weighted by Gasteiger charge is 2.38. The van der Waals surface area contributed by atoms with Crippen molar-refractivity contribution in [2.24, 2.45) is 0 Å². The summed E-state index contributed by atoms with van der Waals surface area (Å²) in [7, 11) is 0. The van der Waals surface area contributed by atoms with E-state index in [2.05, 4.69) is 0 Å². The molecular weight excluding hydrogens is 1580 g/mol. The van der Waals surface area contributed by atoms with Gasteiger partial charge in [-0.25, -0.2) is 0 Å². The Hall–Kier alpha value is -0.760. The Morgan fingerprint density at radius 3 is 0.691 bits per heavy atom. The topological polar surface area (TPSA) is 324 Å². The Labute approximate surface area is 474 Å². The first-order chi connectivity index (χ1) is 32.1. The summed E-state index contributed by atoms with van der Waals surface area (Å²) in [6.07, 6.45) is -3.80. The summed E-state index contributed by atoms with van der Waals surface area (Å²) in [6, 6.07) is 0. The van der Waals surface area contributed by atoms with Gasteiger partial charge in [-0.05, 0) is 136 Å². The molecule has 0 saturated heterocycles. The summed E-state index contributed by atoms with van der Waals surface area (Å²) in [5, 5.41) is 102. The Bertz CT molecular complexity index is 1850. The molecule has 0 aliphatic heterocycles. The highest BCUT2D eigenvalue weighted by molar-refractivity contribution is 14.1. The van der Waals surface area contributed by atoms with Gasteiger partial charge in [0.2, 0.25) is 11.8 Å². The normalized spacial score (nSPS) is 12.1. The van der Waals surface area contributed by atoms with Gasteiger partial charge in [-0.15, -0.1) is 0 Å². The van der Waals surface area contributed by atoms with E-state index in [4.69, 9.17) is 0 Å².